The molecule has 0 atom stereocenters. The quantitative estimate of drug-likeness (QED) is 0.644. The van der Waals surface area contributed by atoms with Crippen LogP contribution in [-0.2, 0) is 4.79 Å². The lowest BCUT2D eigenvalue weighted by atomic mass is 10.00. The molecule has 25 heavy (non-hydrogen) atoms. The number of anilines is 1. The highest BCUT2D eigenvalue weighted by Gasteiger charge is 2.30. The van der Waals surface area contributed by atoms with Crippen LogP contribution in [0.3, 0.4) is 0 Å². The maximum atomic E-state index is 11.6. The van der Waals surface area contributed by atoms with E-state index in [1.807, 2.05) is 37.3 Å². The third kappa shape index (κ3) is 3.29. The molecule has 2 aromatic rings. The molecular weight excluding hydrogens is 354 g/mol. The van der Waals surface area contributed by atoms with Crippen LogP contribution in [0.5, 0.6) is 5.75 Å². The first-order chi connectivity index (χ1) is 12.0. The van der Waals surface area contributed by atoms with Crippen LogP contribution in [0.15, 0.2) is 46.3 Å². The van der Waals surface area contributed by atoms with Gasteiger partial charge in [0.2, 0.25) is 0 Å². The highest BCUT2D eigenvalue weighted by Crippen LogP contribution is 2.54. The predicted molar refractivity (Wildman–Crippen MR) is 106 cm³/mol. The third-order valence-electron chi connectivity index (χ3n) is 4.11. The molecule has 3 rings (SSSR count). The van der Waals surface area contributed by atoms with Crippen LogP contribution >= 0.6 is 23.4 Å². The summed E-state index contributed by atoms with van der Waals surface area (Å²) in [6.45, 7) is 6.42. The van der Waals surface area contributed by atoms with Crippen LogP contribution in [-0.4, -0.2) is 19.4 Å². The zero-order valence-electron chi connectivity index (χ0n) is 14.7. The average Bonchev–Trinajstić information content (AvgIpc) is 2.90. The Labute approximate surface area is 157 Å². The normalized spacial score (nSPS) is 14.8. The Balaban J connectivity index is 2.28. The van der Waals surface area contributed by atoms with Gasteiger partial charge in [-0.25, -0.2) is 0 Å². The minimum atomic E-state index is 0.0376. The molecule has 0 aromatic heterocycles. The van der Waals surface area contributed by atoms with Crippen molar-refractivity contribution in [1.82, 2.24) is 0 Å². The predicted octanol–water partition coefficient (Wildman–Crippen LogP) is 5.69. The second-order valence-corrected chi connectivity index (χ2v) is 7.38. The minimum Gasteiger partial charge on any atom is -0.496 e. The molecule has 0 fully saturated rings. The molecule has 0 saturated carbocycles. The molecule has 0 unspecified atom stereocenters. The molecule has 0 radical (unpaired) electrons. The van der Waals surface area contributed by atoms with E-state index in [0.717, 1.165) is 44.6 Å². The molecule has 1 heterocycles. The lowest BCUT2D eigenvalue weighted by Crippen LogP contribution is -2.18. The monoisotopic (exact) mass is 373 g/mol. The molecule has 0 amide bonds. The second kappa shape index (κ2) is 7.14. The Morgan fingerprint density at radius 3 is 2.68 bits per heavy atom. The number of methoxy groups -OCH3 is 1. The molecule has 0 spiro atoms. The lowest BCUT2D eigenvalue weighted by molar-refractivity contribution is -0.112. The number of thioether (sulfide) groups is 1. The second-order valence-electron chi connectivity index (χ2n) is 5.91. The minimum absolute atomic E-state index is 0.0376. The fraction of sp³-hybridized carbons (Fsp3) is 0.250. The summed E-state index contributed by atoms with van der Waals surface area (Å²) in [5, 5.41) is 1.62. The van der Waals surface area contributed by atoms with Crippen LogP contribution in [0, 0.1) is 6.92 Å². The largest absolute Gasteiger partial charge is 0.496 e. The number of rotatable bonds is 4. The van der Waals surface area contributed by atoms with Crippen LogP contribution in [0.1, 0.15) is 19.4 Å². The van der Waals surface area contributed by atoms with Crippen molar-refractivity contribution in [2.24, 2.45) is 0 Å². The standard InChI is InChI=1S/C20H20ClNO2S/c1-5-22-18(11-13(3)23)25-17-9-8-16(24-4)19(20(17)22)14-7-6-12(2)10-15(14)21/h6-11H,5H2,1-4H3/b18-11-. The average molecular weight is 374 g/mol. The Hall–Kier alpha value is -1.91. The SMILES string of the molecule is CCN1/C(=C/C(C)=O)Sc2ccc(OC)c(-c3ccc(C)cc3Cl)c21. The fourth-order valence-corrected chi connectivity index (χ4v) is 4.59. The Morgan fingerprint density at radius 2 is 2.08 bits per heavy atom. The van der Waals surface area contributed by atoms with E-state index in [4.69, 9.17) is 16.3 Å². The van der Waals surface area contributed by atoms with Gasteiger partial charge < -0.3 is 9.64 Å². The van der Waals surface area contributed by atoms with E-state index < -0.39 is 0 Å². The van der Waals surface area contributed by atoms with Crippen LogP contribution in [0.2, 0.25) is 5.02 Å². The van der Waals surface area contributed by atoms with Gasteiger partial charge in [-0.2, -0.15) is 0 Å². The van der Waals surface area contributed by atoms with Crippen molar-refractivity contribution in [3.8, 4) is 16.9 Å². The highest BCUT2D eigenvalue weighted by molar-refractivity contribution is 8.03. The number of carbonyl (C=O) groups excluding carboxylic acids is 1. The number of aryl methyl sites for hydroxylation is 1. The summed E-state index contributed by atoms with van der Waals surface area (Å²) in [6, 6.07) is 10.0. The van der Waals surface area contributed by atoms with Crippen LogP contribution in [0.25, 0.3) is 11.1 Å². The van der Waals surface area contributed by atoms with E-state index in [9.17, 15) is 4.79 Å². The summed E-state index contributed by atoms with van der Waals surface area (Å²) in [7, 11) is 1.66. The van der Waals surface area contributed by atoms with E-state index >= 15 is 0 Å². The number of allylic oxidation sites excluding steroid dienone is 1. The maximum Gasteiger partial charge on any atom is 0.155 e. The van der Waals surface area contributed by atoms with E-state index in [2.05, 4.69) is 11.8 Å². The zero-order chi connectivity index (χ0) is 18.1. The summed E-state index contributed by atoms with van der Waals surface area (Å²) < 4.78 is 5.64. The van der Waals surface area contributed by atoms with E-state index in [1.54, 1.807) is 31.9 Å². The maximum absolute atomic E-state index is 11.6. The lowest BCUT2D eigenvalue weighted by Gasteiger charge is -2.23. The zero-order valence-corrected chi connectivity index (χ0v) is 16.3. The third-order valence-corrected chi connectivity index (χ3v) is 5.52. The number of hydrogen-bond acceptors (Lipinski definition) is 4. The fourth-order valence-electron chi connectivity index (χ4n) is 3.03. The Morgan fingerprint density at radius 1 is 1.32 bits per heavy atom. The first-order valence-corrected chi connectivity index (χ1v) is 9.30. The van der Waals surface area contributed by atoms with Gasteiger partial charge in [-0.05, 0) is 44.5 Å². The van der Waals surface area contributed by atoms with Crippen molar-refractivity contribution in [1.29, 1.82) is 0 Å². The van der Waals surface area contributed by atoms with Gasteiger partial charge in [0.25, 0.3) is 0 Å². The van der Waals surface area contributed by atoms with Crippen molar-refractivity contribution in [3.05, 3.63) is 52.0 Å². The van der Waals surface area contributed by atoms with Gasteiger partial charge >= 0.3 is 0 Å². The van der Waals surface area contributed by atoms with E-state index in [1.165, 1.54) is 0 Å². The van der Waals surface area contributed by atoms with Crippen molar-refractivity contribution in [3.63, 3.8) is 0 Å². The summed E-state index contributed by atoms with van der Waals surface area (Å²) in [4.78, 5) is 14.9. The molecule has 130 valence electrons. The van der Waals surface area contributed by atoms with Gasteiger partial charge in [0, 0.05) is 28.1 Å². The first kappa shape index (κ1) is 17.9. The molecule has 0 saturated heterocycles. The van der Waals surface area contributed by atoms with Gasteiger partial charge in [-0.15, -0.1) is 0 Å². The molecule has 1 aliphatic heterocycles. The smallest absolute Gasteiger partial charge is 0.155 e. The number of hydrogen-bond donors (Lipinski definition) is 0. The van der Waals surface area contributed by atoms with Crippen molar-refractivity contribution < 1.29 is 9.53 Å². The van der Waals surface area contributed by atoms with Crippen molar-refractivity contribution in [2.75, 3.05) is 18.6 Å². The van der Waals surface area contributed by atoms with Crippen LogP contribution in [0.4, 0.5) is 5.69 Å². The van der Waals surface area contributed by atoms with Crippen molar-refractivity contribution in [2.45, 2.75) is 25.7 Å². The molecule has 2 aromatic carbocycles. The molecule has 0 aliphatic carbocycles. The molecule has 0 bridgehead atoms. The first-order valence-electron chi connectivity index (χ1n) is 8.11. The number of benzene rings is 2. The van der Waals surface area contributed by atoms with Gasteiger partial charge in [-0.3, -0.25) is 4.79 Å². The molecule has 1 aliphatic rings. The number of carbonyl (C=O) groups is 1. The number of ketones is 1. The highest BCUT2D eigenvalue weighted by atomic mass is 35.5. The Kier molecular flexibility index (Phi) is 5.11. The number of halogens is 1. The molecule has 3 nitrogen and oxygen atoms in total. The van der Waals surface area contributed by atoms with E-state index in [-0.39, 0.29) is 5.78 Å². The summed E-state index contributed by atoms with van der Waals surface area (Å²) in [5.41, 5.74) is 4.06. The molecular formula is C20H20ClNO2S. The topological polar surface area (TPSA) is 29.5 Å². The number of fused-ring (bicyclic) bond motifs is 1. The summed E-state index contributed by atoms with van der Waals surface area (Å²) in [5.74, 6) is 0.809. The van der Waals surface area contributed by atoms with Gasteiger partial charge in [0.05, 0.1) is 23.4 Å². The van der Waals surface area contributed by atoms with Crippen molar-refractivity contribution >= 4 is 34.8 Å². The molecule has 5 heteroatoms. The summed E-state index contributed by atoms with van der Waals surface area (Å²) in [6.07, 6.45) is 1.68. The number of ether oxygens (including phenoxy) is 1. The number of nitrogens with zero attached hydrogens (tertiary/aromatic N) is 1. The van der Waals surface area contributed by atoms with Gasteiger partial charge in [0.1, 0.15) is 5.75 Å². The Bertz CT molecular complexity index is 876. The molecule has 0 N–H and O–H groups in total. The van der Waals surface area contributed by atoms with E-state index in [0.29, 0.717) is 5.02 Å². The van der Waals surface area contributed by atoms with Gasteiger partial charge in [0.15, 0.2) is 5.78 Å². The van der Waals surface area contributed by atoms with Crippen LogP contribution < -0.4 is 9.64 Å². The summed E-state index contributed by atoms with van der Waals surface area (Å²) >= 11 is 8.16. The van der Waals surface area contributed by atoms with Gasteiger partial charge in [-0.1, -0.05) is 35.5 Å².